The summed E-state index contributed by atoms with van der Waals surface area (Å²) in [6, 6.07) is 7.30. The van der Waals surface area contributed by atoms with Gasteiger partial charge in [0.25, 0.3) is 5.91 Å². The van der Waals surface area contributed by atoms with Gasteiger partial charge in [0.15, 0.2) is 0 Å². The largest absolute Gasteiger partial charge is 0.496 e. The molecule has 0 aliphatic carbocycles. The van der Waals surface area contributed by atoms with E-state index in [1.807, 2.05) is 29.1 Å². The summed E-state index contributed by atoms with van der Waals surface area (Å²) >= 11 is 6.44. The molecule has 0 atom stereocenters. The second-order valence-corrected chi connectivity index (χ2v) is 6.64. The molecular formula is C19H25ClN2O3. The number of amides is 1. The van der Waals surface area contributed by atoms with Crippen LogP contribution in [0.2, 0.25) is 5.02 Å². The Morgan fingerprint density at radius 2 is 1.92 bits per heavy atom. The molecule has 0 radical (unpaired) electrons. The maximum Gasteiger partial charge on any atom is 0.257 e. The lowest BCUT2D eigenvalue weighted by Gasteiger charge is -2.25. The Morgan fingerprint density at radius 1 is 1.24 bits per heavy atom. The van der Waals surface area contributed by atoms with Crippen LogP contribution in [0.4, 0.5) is 0 Å². The highest BCUT2D eigenvalue weighted by Crippen LogP contribution is 2.31. The van der Waals surface area contributed by atoms with E-state index in [-0.39, 0.29) is 5.91 Å². The van der Waals surface area contributed by atoms with Crippen LogP contribution in [0.3, 0.4) is 0 Å². The molecule has 136 valence electrons. The Bertz CT molecular complexity index is 699. The van der Waals surface area contributed by atoms with Gasteiger partial charge in [-0.1, -0.05) is 25.4 Å². The molecule has 0 N–H and O–H groups in total. The van der Waals surface area contributed by atoms with E-state index >= 15 is 0 Å². The van der Waals surface area contributed by atoms with Crippen molar-refractivity contribution in [2.24, 2.45) is 5.92 Å². The van der Waals surface area contributed by atoms with Crippen molar-refractivity contribution in [1.29, 1.82) is 0 Å². The number of rotatable bonds is 8. The molecule has 1 heterocycles. The number of nitrogens with zero attached hydrogens (tertiary/aromatic N) is 2. The second-order valence-electron chi connectivity index (χ2n) is 6.23. The molecule has 1 aromatic carbocycles. The van der Waals surface area contributed by atoms with E-state index in [2.05, 4.69) is 13.8 Å². The van der Waals surface area contributed by atoms with Crippen molar-refractivity contribution in [3.05, 3.63) is 47.2 Å². The molecule has 6 heteroatoms. The van der Waals surface area contributed by atoms with Crippen LogP contribution in [0, 0.1) is 5.92 Å². The van der Waals surface area contributed by atoms with E-state index in [0.717, 1.165) is 5.69 Å². The summed E-state index contributed by atoms with van der Waals surface area (Å²) in [6.07, 6.45) is 3.79. The standard InChI is InChI=1S/C19H25ClN2O3/c1-14(2)13-22(9-10-24-3)19(23)15-11-16(20)17(12-18(15)25-4)21-7-5-6-8-21/h5-8,11-12,14H,9-10,13H2,1-4H3. The molecule has 0 unspecified atom stereocenters. The van der Waals surface area contributed by atoms with Gasteiger partial charge in [-0.05, 0) is 24.1 Å². The smallest absolute Gasteiger partial charge is 0.257 e. The van der Waals surface area contributed by atoms with E-state index in [4.69, 9.17) is 21.1 Å². The molecule has 25 heavy (non-hydrogen) atoms. The third-order valence-corrected chi connectivity index (χ3v) is 4.12. The average Bonchev–Trinajstić information content (AvgIpc) is 3.11. The zero-order chi connectivity index (χ0) is 18.4. The minimum atomic E-state index is -0.108. The summed E-state index contributed by atoms with van der Waals surface area (Å²) in [5.74, 6) is 0.745. The summed E-state index contributed by atoms with van der Waals surface area (Å²) in [5.41, 5.74) is 1.23. The van der Waals surface area contributed by atoms with Gasteiger partial charge < -0.3 is 18.9 Å². The average molecular weight is 365 g/mol. The quantitative estimate of drug-likeness (QED) is 0.713. The van der Waals surface area contributed by atoms with Gasteiger partial charge in [-0.3, -0.25) is 4.79 Å². The summed E-state index contributed by atoms with van der Waals surface area (Å²) in [4.78, 5) is 14.8. The number of hydrogen-bond acceptors (Lipinski definition) is 3. The fraction of sp³-hybridized carbons (Fsp3) is 0.421. The number of ether oxygens (including phenoxy) is 2. The highest BCUT2D eigenvalue weighted by atomic mass is 35.5. The molecule has 0 saturated heterocycles. The number of aromatic nitrogens is 1. The van der Waals surface area contributed by atoms with Crippen LogP contribution in [0.15, 0.2) is 36.7 Å². The third-order valence-electron chi connectivity index (χ3n) is 3.82. The Morgan fingerprint density at radius 3 is 2.48 bits per heavy atom. The Balaban J connectivity index is 2.38. The van der Waals surface area contributed by atoms with Gasteiger partial charge in [0.2, 0.25) is 0 Å². The third kappa shape index (κ3) is 4.77. The number of methoxy groups -OCH3 is 2. The molecule has 0 bridgehead atoms. The van der Waals surface area contributed by atoms with Gasteiger partial charge in [-0.25, -0.2) is 0 Å². The summed E-state index contributed by atoms with van der Waals surface area (Å²) < 4.78 is 12.5. The molecular weight excluding hydrogens is 340 g/mol. The Kier molecular flexibility index (Phi) is 6.91. The SMILES string of the molecule is COCCN(CC(C)C)C(=O)c1cc(Cl)c(-n2cccc2)cc1OC. The number of benzene rings is 1. The lowest BCUT2D eigenvalue weighted by molar-refractivity contribution is 0.0669. The number of carbonyl (C=O) groups excluding carboxylic acids is 1. The zero-order valence-electron chi connectivity index (χ0n) is 15.2. The first-order chi connectivity index (χ1) is 12.0. The highest BCUT2D eigenvalue weighted by molar-refractivity contribution is 6.33. The van der Waals surface area contributed by atoms with Gasteiger partial charge in [-0.15, -0.1) is 0 Å². The molecule has 5 nitrogen and oxygen atoms in total. The van der Waals surface area contributed by atoms with E-state index < -0.39 is 0 Å². The van der Waals surface area contributed by atoms with Crippen molar-refractivity contribution in [2.45, 2.75) is 13.8 Å². The van der Waals surface area contributed by atoms with Crippen LogP contribution in [-0.2, 0) is 4.74 Å². The van der Waals surface area contributed by atoms with E-state index in [1.165, 1.54) is 0 Å². The predicted molar refractivity (Wildman–Crippen MR) is 99.9 cm³/mol. The monoisotopic (exact) mass is 364 g/mol. The van der Waals surface area contributed by atoms with E-state index in [9.17, 15) is 4.79 Å². The molecule has 1 aromatic heterocycles. The Hall–Kier alpha value is -1.98. The molecule has 0 fully saturated rings. The number of hydrogen-bond donors (Lipinski definition) is 0. The van der Waals surface area contributed by atoms with Crippen LogP contribution in [0.1, 0.15) is 24.2 Å². The van der Waals surface area contributed by atoms with Crippen LogP contribution in [0.25, 0.3) is 5.69 Å². The van der Waals surface area contributed by atoms with E-state index in [1.54, 1.807) is 31.3 Å². The van der Waals surface area contributed by atoms with Crippen molar-refractivity contribution < 1.29 is 14.3 Å². The number of halogens is 1. The predicted octanol–water partition coefficient (Wildman–Crippen LogP) is 3.88. The molecule has 1 amide bonds. The molecule has 0 aliphatic rings. The summed E-state index contributed by atoms with van der Waals surface area (Å²) in [7, 11) is 3.18. The highest BCUT2D eigenvalue weighted by Gasteiger charge is 2.22. The maximum absolute atomic E-state index is 13.0. The summed E-state index contributed by atoms with van der Waals surface area (Å²) in [5, 5.41) is 0.497. The van der Waals surface area contributed by atoms with Gasteiger partial charge in [0.05, 0.1) is 30.0 Å². The first-order valence-corrected chi connectivity index (χ1v) is 8.64. The van der Waals surface area contributed by atoms with Gasteiger partial charge in [-0.2, -0.15) is 0 Å². The lowest BCUT2D eigenvalue weighted by atomic mass is 10.1. The van der Waals surface area contributed by atoms with Crippen molar-refractivity contribution in [3.63, 3.8) is 0 Å². The topological polar surface area (TPSA) is 43.7 Å². The van der Waals surface area contributed by atoms with Crippen LogP contribution in [0.5, 0.6) is 5.75 Å². The molecule has 2 aromatic rings. The van der Waals surface area contributed by atoms with Crippen molar-refractivity contribution >= 4 is 17.5 Å². The van der Waals surface area contributed by atoms with Crippen molar-refractivity contribution in [3.8, 4) is 11.4 Å². The van der Waals surface area contributed by atoms with Crippen LogP contribution >= 0.6 is 11.6 Å². The van der Waals surface area contributed by atoms with E-state index in [0.29, 0.717) is 41.9 Å². The molecule has 0 saturated carbocycles. The molecule has 0 spiro atoms. The van der Waals surface area contributed by atoms with Gasteiger partial charge >= 0.3 is 0 Å². The lowest BCUT2D eigenvalue weighted by Crippen LogP contribution is -2.37. The van der Waals surface area contributed by atoms with Gasteiger partial charge in [0.1, 0.15) is 5.75 Å². The zero-order valence-corrected chi connectivity index (χ0v) is 15.9. The van der Waals surface area contributed by atoms with Crippen LogP contribution in [-0.4, -0.2) is 49.3 Å². The van der Waals surface area contributed by atoms with Crippen molar-refractivity contribution in [1.82, 2.24) is 9.47 Å². The fourth-order valence-electron chi connectivity index (χ4n) is 2.66. The first kappa shape index (κ1) is 19.3. The summed E-state index contributed by atoms with van der Waals surface area (Å²) in [6.45, 7) is 5.80. The minimum absolute atomic E-state index is 0.108. The molecule has 2 rings (SSSR count). The normalized spacial score (nSPS) is 11.0. The minimum Gasteiger partial charge on any atom is -0.496 e. The Labute approximate surface area is 154 Å². The first-order valence-electron chi connectivity index (χ1n) is 8.27. The maximum atomic E-state index is 13.0. The second kappa shape index (κ2) is 8.92. The molecule has 0 aliphatic heterocycles. The number of carbonyl (C=O) groups is 1. The van der Waals surface area contributed by atoms with Crippen LogP contribution < -0.4 is 4.74 Å². The fourth-order valence-corrected chi connectivity index (χ4v) is 2.92. The van der Waals surface area contributed by atoms with Crippen molar-refractivity contribution in [2.75, 3.05) is 33.9 Å². The van der Waals surface area contributed by atoms with Gasteiger partial charge in [0, 0.05) is 38.7 Å².